The van der Waals surface area contributed by atoms with Gasteiger partial charge in [0, 0.05) is 17.9 Å². The summed E-state index contributed by atoms with van der Waals surface area (Å²) in [5.41, 5.74) is 3.28. The lowest BCUT2D eigenvalue weighted by molar-refractivity contribution is 0.0947. The van der Waals surface area contributed by atoms with E-state index in [1.54, 1.807) is 6.07 Å². The van der Waals surface area contributed by atoms with Crippen LogP contribution in [-0.4, -0.2) is 22.4 Å². The van der Waals surface area contributed by atoms with Crippen molar-refractivity contribution in [3.63, 3.8) is 0 Å². The highest BCUT2D eigenvalue weighted by atomic mass is 16.1. The Bertz CT molecular complexity index is 926. The van der Waals surface area contributed by atoms with Gasteiger partial charge in [-0.2, -0.15) is 0 Å². The molecule has 0 bridgehead atoms. The van der Waals surface area contributed by atoms with Crippen LogP contribution in [0.15, 0.2) is 66.7 Å². The van der Waals surface area contributed by atoms with Crippen molar-refractivity contribution in [3.8, 4) is 0 Å². The molecule has 1 heterocycles. The summed E-state index contributed by atoms with van der Waals surface area (Å²) in [4.78, 5) is 23.9. The van der Waals surface area contributed by atoms with Gasteiger partial charge in [0.25, 0.3) is 5.91 Å². The quantitative estimate of drug-likeness (QED) is 0.596. The predicted octanol–water partition coefficient (Wildman–Crippen LogP) is 4.90. The Hall–Kier alpha value is -3.21. The highest BCUT2D eigenvalue weighted by molar-refractivity contribution is 5.92. The lowest BCUT2D eigenvalue weighted by atomic mass is 10.1. The summed E-state index contributed by atoms with van der Waals surface area (Å²) in [7, 11) is 0. The number of aromatic nitrogens is 2. The van der Waals surface area contributed by atoms with E-state index in [-0.39, 0.29) is 5.91 Å². The van der Waals surface area contributed by atoms with Crippen molar-refractivity contribution >= 4 is 17.5 Å². The number of hydrogen-bond acceptors (Lipinski definition) is 4. The zero-order valence-corrected chi connectivity index (χ0v) is 17.3. The zero-order valence-electron chi connectivity index (χ0n) is 17.3. The number of hydrogen-bond donors (Lipinski definition) is 1. The third-order valence-corrected chi connectivity index (χ3v) is 4.58. The number of anilines is 2. The van der Waals surface area contributed by atoms with E-state index < -0.39 is 0 Å². The lowest BCUT2D eigenvalue weighted by Crippen LogP contribution is -2.28. The van der Waals surface area contributed by atoms with Gasteiger partial charge in [-0.3, -0.25) is 4.79 Å². The Balaban J connectivity index is 1.91. The molecule has 3 aromatic rings. The maximum atomic E-state index is 12.6. The second-order valence-corrected chi connectivity index (χ2v) is 7.54. The van der Waals surface area contributed by atoms with Crippen LogP contribution < -0.4 is 10.2 Å². The van der Waals surface area contributed by atoms with Gasteiger partial charge < -0.3 is 10.2 Å². The first-order valence-electron chi connectivity index (χ1n) is 10.0. The molecule has 0 spiro atoms. The Labute approximate surface area is 172 Å². The molecule has 0 aliphatic carbocycles. The second kappa shape index (κ2) is 9.82. The molecule has 0 aliphatic rings. The molecule has 2 aromatic carbocycles. The van der Waals surface area contributed by atoms with Crippen molar-refractivity contribution in [2.24, 2.45) is 5.92 Å². The van der Waals surface area contributed by atoms with Crippen LogP contribution in [0.3, 0.4) is 0 Å². The van der Waals surface area contributed by atoms with E-state index in [9.17, 15) is 4.79 Å². The fourth-order valence-electron chi connectivity index (χ4n) is 3.01. The summed E-state index contributed by atoms with van der Waals surface area (Å²) in [6, 6.07) is 21.9. The molecule has 1 N–H and O–H groups in total. The summed E-state index contributed by atoms with van der Waals surface area (Å²) in [5, 5.41) is 2.97. The van der Waals surface area contributed by atoms with Crippen molar-refractivity contribution in [1.82, 2.24) is 15.3 Å². The minimum Gasteiger partial charge on any atom is -0.351 e. The topological polar surface area (TPSA) is 58.1 Å². The third-order valence-electron chi connectivity index (χ3n) is 4.58. The third kappa shape index (κ3) is 5.88. The summed E-state index contributed by atoms with van der Waals surface area (Å²) in [6.45, 7) is 7.42. The van der Waals surface area contributed by atoms with Gasteiger partial charge in [-0.05, 0) is 43.0 Å². The molecule has 0 atom stereocenters. The van der Waals surface area contributed by atoms with Crippen LogP contribution in [0.4, 0.5) is 11.6 Å². The Morgan fingerprint density at radius 2 is 1.66 bits per heavy atom. The average Bonchev–Trinajstić information content (AvgIpc) is 2.72. The standard InChI is InChI=1S/C24H28N4O/c1-18(2)14-15-25-23(29)22-16-19(3)26-24(27-22)28(21-12-8-5-9-13-21)17-20-10-6-4-7-11-20/h4-13,16,18H,14-15,17H2,1-3H3,(H,25,29). The highest BCUT2D eigenvalue weighted by Gasteiger charge is 2.17. The number of amides is 1. The molecule has 0 saturated heterocycles. The van der Waals surface area contributed by atoms with Gasteiger partial charge in [0.1, 0.15) is 5.69 Å². The van der Waals surface area contributed by atoms with Crippen molar-refractivity contribution in [1.29, 1.82) is 0 Å². The summed E-state index contributed by atoms with van der Waals surface area (Å²) in [6.07, 6.45) is 0.937. The van der Waals surface area contributed by atoms with E-state index in [4.69, 9.17) is 0 Å². The molecule has 150 valence electrons. The molecule has 0 aliphatic heterocycles. The first kappa shape index (κ1) is 20.5. The Kier molecular flexibility index (Phi) is 6.95. The normalized spacial score (nSPS) is 10.8. The summed E-state index contributed by atoms with van der Waals surface area (Å²) in [5.74, 6) is 0.900. The summed E-state index contributed by atoms with van der Waals surface area (Å²) >= 11 is 0. The van der Waals surface area contributed by atoms with Crippen molar-refractivity contribution in [3.05, 3.63) is 83.7 Å². The number of carbonyl (C=O) groups excluding carboxylic acids is 1. The number of nitrogens with zero attached hydrogens (tertiary/aromatic N) is 3. The minimum atomic E-state index is -0.162. The molecule has 5 heteroatoms. The summed E-state index contributed by atoms with van der Waals surface area (Å²) < 4.78 is 0. The molecule has 3 rings (SSSR count). The molecular weight excluding hydrogens is 360 g/mol. The van der Waals surface area contributed by atoms with E-state index in [2.05, 4.69) is 41.3 Å². The van der Waals surface area contributed by atoms with E-state index >= 15 is 0 Å². The smallest absolute Gasteiger partial charge is 0.270 e. The highest BCUT2D eigenvalue weighted by Crippen LogP contribution is 2.25. The monoisotopic (exact) mass is 388 g/mol. The average molecular weight is 389 g/mol. The van der Waals surface area contributed by atoms with Gasteiger partial charge in [0.15, 0.2) is 0 Å². The molecule has 0 fully saturated rings. The zero-order chi connectivity index (χ0) is 20.6. The van der Waals surface area contributed by atoms with Crippen LogP contribution in [0.1, 0.15) is 42.0 Å². The van der Waals surface area contributed by atoms with Gasteiger partial charge in [0.05, 0.1) is 6.54 Å². The van der Waals surface area contributed by atoms with Gasteiger partial charge in [-0.1, -0.05) is 62.4 Å². The van der Waals surface area contributed by atoms with Crippen LogP contribution in [0.5, 0.6) is 0 Å². The molecule has 29 heavy (non-hydrogen) atoms. The van der Waals surface area contributed by atoms with Gasteiger partial charge in [-0.15, -0.1) is 0 Å². The Morgan fingerprint density at radius 1 is 1.00 bits per heavy atom. The van der Waals surface area contributed by atoms with Crippen LogP contribution in [0, 0.1) is 12.8 Å². The van der Waals surface area contributed by atoms with Crippen LogP contribution in [-0.2, 0) is 6.54 Å². The Morgan fingerprint density at radius 3 is 2.31 bits per heavy atom. The van der Waals surface area contributed by atoms with Gasteiger partial charge in [0.2, 0.25) is 5.95 Å². The minimum absolute atomic E-state index is 0.162. The number of rotatable bonds is 8. The molecule has 5 nitrogen and oxygen atoms in total. The number of benzene rings is 2. The molecule has 0 unspecified atom stereocenters. The van der Waals surface area contributed by atoms with E-state index in [0.29, 0.717) is 30.6 Å². The van der Waals surface area contributed by atoms with E-state index in [1.807, 2.05) is 60.4 Å². The van der Waals surface area contributed by atoms with E-state index in [1.165, 1.54) is 0 Å². The SMILES string of the molecule is Cc1cc(C(=O)NCCC(C)C)nc(N(Cc2ccccc2)c2ccccc2)n1. The van der Waals surface area contributed by atoms with Gasteiger partial charge in [-0.25, -0.2) is 9.97 Å². The number of aryl methyl sites for hydroxylation is 1. The maximum Gasteiger partial charge on any atom is 0.270 e. The molecule has 0 radical (unpaired) electrons. The molecule has 0 saturated carbocycles. The van der Waals surface area contributed by atoms with Crippen molar-refractivity contribution < 1.29 is 4.79 Å². The van der Waals surface area contributed by atoms with Crippen molar-refractivity contribution in [2.75, 3.05) is 11.4 Å². The lowest BCUT2D eigenvalue weighted by Gasteiger charge is -2.23. The fourth-order valence-corrected chi connectivity index (χ4v) is 3.01. The van der Waals surface area contributed by atoms with Crippen LogP contribution in [0.25, 0.3) is 0 Å². The van der Waals surface area contributed by atoms with Crippen LogP contribution >= 0.6 is 0 Å². The van der Waals surface area contributed by atoms with Crippen molar-refractivity contribution in [2.45, 2.75) is 33.7 Å². The molecule has 1 amide bonds. The number of nitrogens with one attached hydrogen (secondary N) is 1. The maximum absolute atomic E-state index is 12.6. The molecule has 1 aromatic heterocycles. The predicted molar refractivity (Wildman–Crippen MR) is 117 cm³/mol. The fraction of sp³-hybridized carbons (Fsp3) is 0.292. The largest absolute Gasteiger partial charge is 0.351 e. The first-order chi connectivity index (χ1) is 14.0. The van der Waals surface area contributed by atoms with E-state index in [0.717, 1.165) is 23.4 Å². The first-order valence-corrected chi connectivity index (χ1v) is 10.0. The second-order valence-electron chi connectivity index (χ2n) is 7.54. The van der Waals surface area contributed by atoms with Gasteiger partial charge >= 0.3 is 0 Å². The number of para-hydroxylation sites is 1. The molecular formula is C24H28N4O. The number of carbonyl (C=O) groups is 1. The van der Waals surface area contributed by atoms with Crippen LogP contribution in [0.2, 0.25) is 0 Å².